The number of fused-ring (bicyclic) bond motifs is 1. The number of piperazine rings is 1. The molecule has 1 aromatic heterocycles. The summed E-state index contributed by atoms with van der Waals surface area (Å²) in [6, 6.07) is 1.94. The summed E-state index contributed by atoms with van der Waals surface area (Å²) in [5.41, 5.74) is 0.536. The number of piperidine rings is 1. The lowest BCUT2D eigenvalue weighted by atomic mass is 9.97. The molecule has 200 valence electrons. The first kappa shape index (κ1) is 26.7. The third-order valence-corrected chi connectivity index (χ3v) is 9.13. The van der Waals surface area contributed by atoms with Crippen molar-refractivity contribution in [2.24, 2.45) is 5.92 Å². The number of hydrogen-bond donors (Lipinski definition) is 1. The molecule has 0 bridgehead atoms. The predicted octanol–water partition coefficient (Wildman–Crippen LogP) is 1.85. The molecular formula is C23H35N5O6S2. The average molecular weight is 542 g/mol. The maximum Gasteiger partial charge on any atom is 0.410 e. The van der Waals surface area contributed by atoms with Crippen LogP contribution in [0.25, 0.3) is 0 Å². The van der Waals surface area contributed by atoms with Gasteiger partial charge in [0.05, 0.1) is 5.92 Å². The van der Waals surface area contributed by atoms with E-state index in [1.165, 1.54) is 19.6 Å². The number of carbonyl (C=O) groups excluding carboxylic acids is 3. The van der Waals surface area contributed by atoms with Crippen molar-refractivity contribution in [3.8, 4) is 0 Å². The molecule has 1 atom stereocenters. The number of ether oxygens (including phenoxy) is 1. The Morgan fingerprint density at radius 3 is 2.44 bits per heavy atom. The number of urea groups is 1. The van der Waals surface area contributed by atoms with E-state index in [9.17, 15) is 22.8 Å². The predicted molar refractivity (Wildman–Crippen MR) is 135 cm³/mol. The highest BCUT2D eigenvalue weighted by Gasteiger charge is 2.36. The first-order valence-electron chi connectivity index (χ1n) is 12.3. The van der Waals surface area contributed by atoms with Gasteiger partial charge in [-0.05, 0) is 57.0 Å². The van der Waals surface area contributed by atoms with E-state index in [1.807, 2.05) is 11.4 Å². The molecule has 13 heteroatoms. The standard InChI is InChI=1S/C23H35N5O6S2/c1-23(2,3)34-22(31)25-10-12-28(13-11-25)36(32,33)24-20(29)18-5-4-8-26(16-18)21(30)27-9-6-19-17(15-27)7-14-35-19/h7,14,18H,4-6,8-13,15-16H2,1-3H3,(H,24,29). The molecule has 4 amide bonds. The second-order valence-electron chi connectivity index (χ2n) is 10.4. The van der Waals surface area contributed by atoms with E-state index in [0.29, 0.717) is 32.5 Å². The molecule has 3 aliphatic heterocycles. The van der Waals surface area contributed by atoms with Crippen molar-refractivity contribution < 1.29 is 27.5 Å². The second-order valence-corrected chi connectivity index (χ2v) is 13.1. The highest BCUT2D eigenvalue weighted by molar-refractivity contribution is 7.87. The van der Waals surface area contributed by atoms with Crippen LogP contribution >= 0.6 is 11.3 Å². The van der Waals surface area contributed by atoms with E-state index in [2.05, 4.69) is 4.72 Å². The van der Waals surface area contributed by atoms with E-state index >= 15 is 0 Å². The van der Waals surface area contributed by atoms with Crippen molar-refractivity contribution in [1.29, 1.82) is 0 Å². The van der Waals surface area contributed by atoms with Gasteiger partial charge in [0.2, 0.25) is 5.91 Å². The molecular weight excluding hydrogens is 506 g/mol. The molecule has 3 aliphatic rings. The average Bonchev–Trinajstić information content (AvgIpc) is 3.30. The number of likely N-dealkylation sites (tertiary alicyclic amines) is 1. The number of hydrogen-bond acceptors (Lipinski definition) is 7. The summed E-state index contributed by atoms with van der Waals surface area (Å²) in [5, 5.41) is 2.04. The van der Waals surface area contributed by atoms with E-state index in [1.54, 1.807) is 41.9 Å². The Hall–Kier alpha value is -2.38. The highest BCUT2D eigenvalue weighted by atomic mass is 32.2. The zero-order chi connectivity index (χ0) is 26.1. The third-order valence-electron chi connectivity index (χ3n) is 6.60. The van der Waals surface area contributed by atoms with Gasteiger partial charge in [-0.1, -0.05) is 0 Å². The van der Waals surface area contributed by atoms with Crippen molar-refractivity contribution >= 4 is 39.6 Å². The third kappa shape index (κ3) is 6.30. The van der Waals surface area contributed by atoms with Gasteiger partial charge in [0.15, 0.2) is 0 Å². The minimum atomic E-state index is -4.06. The van der Waals surface area contributed by atoms with Crippen molar-refractivity contribution in [2.75, 3.05) is 45.8 Å². The minimum absolute atomic E-state index is 0.0661. The normalized spacial score (nSPS) is 21.6. The molecule has 0 radical (unpaired) electrons. The number of nitrogens with one attached hydrogen (secondary N) is 1. The van der Waals surface area contributed by atoms with Crippen molar-refractivity contribution in [2.45, 2.75) is 52.2 Å². The number of amides is 4. The quantitative estimate of drug-likeness (QED) is 0.624. The van der Waals surface area contributed by atoms with Crippen LogP contribution < -0.4 is 4.72 Å². The van der Waals surface area contributed by atoms with Crippen LogP contribution in [-0.2, 0) is 32.7 Å². The monoisotopic (exact) mass is 541 g/mol. The molecule has 0 aromatic carbocycles. The Kier molecular flexibility index (Phi) is 7.81. The van der Waals surface area contributed by atoms with Gasteiger partial charge >= 0.3 is 22.3 Å². The summed E-state index contributed by atoms with van der Waals surface area (Å²) in [6.07, 6.45) is 1.50. The van der Waals surface area contributed by atoms with Gasteiger partial charge in [-0.15, -0.1) is 11.3 Å². The van der Waals surface area contributed by atoms with Crippen LogP contribution in [0.3, 0.4) is 0 Å². The topological polar surface area (TPSA) is 120 Å². The molecule has 4 rings (SSSR count). The fourth-order valence-electron chi connectivity index (χ4n) is 4.69. The summed E-state index contributed by atoms with van der Waals surface area (Å²) in [5.74, 6) is -1.19. The number of rotatable bonds is 3. The van der Waals surface area contributed by atoms with E-state index in [0.717, 1.165) is 6.42 Å². The summed E-state index contributed by atoms with van der Waals surface area (Å²) >= 11 is 1.71. The maximum atomic E-state index is 13.1. The zero-order valence-corrected chi connectivity index (χ0v) is 22.7. The van der Waals surface area contributed by atoms with Gasteiger partial charge in [-0.2, -0.15) is 12.7 Å². The van der Waals surface area contributed by atoms with Crippen LogP contribution in [-0.4, -0.2) is 96.9 Å². The van der Waals surface area contributed by atoms with Crippen molar-refractivity contribution in [3.05, 3.63) is 21.9 Å². The van der Waals surface area contributed by atoms with Gasteiger partial charge in [-0.3, -0.25) is 4.79 Å². The fourth-order valence-corrected chi connectivity index (χ4v) is 6.77. The molecule has 2 fully saturated rings. The maximum absolute atomic E-state index is 13.1. The second kappa shape index (κ2) is 10.5. The summed E-state index contributed by atoms with van der Waals surface area (Å²) < 4.78 is 34.5. The largest absolute Gasteiger partial charge is 0.444 e. The zero-order valence-electron chi connectivity index (χ0n) is 21.1. The first-order chi connectivity index (χ1) is 16.9. The molecule has 1 unspecified atom stereocenters. The van der Waals surface area contributed by atoms with Gasteiger partial charge in [0.1, 0.15) is 5.60 Å². The van der Waals surface area contributed by atoms with Gasteiger partial charge in [0, 0.05) is 57.2 Å². The molecule has 0 saturated carbocycles. The fraction of sp³-hybridized carbons (Fsp3) is 0.696. The van der Waals surface area contributed by atoms with E-state index < -0.39 is 33.7 Å². The lowest BCUT2D eigenvalue weighted by molar-refractivity contribution is -0.124. The summed E-state index contributed by atoms with van der Waals surface area (Å²) in [7, 11) is -4.06. The van der Waals surface area contributed by atoms with Gasteiger partial charge < -0.3 is 19.4 Å². The molecule has 2 saturated heterocycles. The lowest BCUT2D eigenvalue weighted by Crippen LogP contribution is -2.56. The Labute approximate surface area is 216 Å². The van der Waals surface area contributed by atoms with Gasteiger partial charge in [-0.25, -0.2) is 14.3 Å². The molecule has 0 aliphatic carbocycles. The smallest absolute Gasteiger partial charge is 0.410 e. The molecule has 36 heavy (non-hydrogen) atoms. The van der Waals surface area contributed by atoms with Crippen LogP contribution in [0.15, 0.2) is 11.4 Å². The lowest BCUT2D eigenvalue weighted by Gasteiger charge is -2.37. The Balaban J connectivity index is 1.29. The van der Waals surface area contributed by atoms with Crippen LogP contribution in [0.2, 0.25) is 0 Å². The SMILES string of the molecule is CC(C)(C)OC(=O)N1CCN(S(=O)(=O)NC(=O)C2CCCN(C(=O)N3CCc4sccc4C3)C2)CC1. The van der Waals surface area contributed by atoms with Crippen LogP contribution in [0.4, 0.5) is 9.59 Å². The molecule has 0 spiro atoms. The summed E-state index contributed by atoms with van der Waals surface area (Å²) in [4.78, 5) is 44.5. The number of carbonyl (C=O) groups is 3. The molecule has 1 N–H and O–H groups in total. The number of nitrogens with zero attached hydrogens (tertiary/aromatic N) is 4. The van der Waals surface area contributed by atoms with E-state index in [4.69, 9.17) is 4.74 Å². The Morgan fingerprint density at radius 2 is 1.75 bits per heavy atom. The first-order valence-corrected chi connectivity index (χ1v) is 14.6. The van der Waals surface area contributed by atoms with Crippen molar-refractivity contribution in [3.63, 3.8) is 0 Å². The van der Waals surface area contributed by atoms with Crippen LogP contribution in [0.5, 0.6) is 0 Å². The van der Waals surface area contributed by atoms with Crippen LogP contribution in [0.1, 0.15) is 44.1 Å². The molecule has 1 aromatic rings. The Bertz CT molecular complexity index is 1090. The molecule has 11 nitrogen and oxygen atoms in total. The summed E-state index contributed by atoms with van der Waals surface area (Å²) in [6.45, 7) is 7.75. The van der Waals surface area contributed by atoms with E-state index in [-0.39, 0.29) is 38.8 Å². The van der Waals surface area contributed by atoms with Crippen LogP contribution in [0, 0.1) is 5.92 Å². The molecule has 4 heterocycles. The number of thiophene rings is 1. The highest BCUT2D eigenvalue weighted by Crippen LogP contribution is 2.26. The minimum Gasteiger partial charge on any atom is -0.444 e. The van der Waals surface area contributed by atoms with Gasteiger partial charge in [0.25, 0.3) is 0 Å². The van der Waals surface area contributed by atoms with Crippen molar-refractivity contribution in [1.82, 2.24) is 23.7 Å². The Morgan fingerprint density at radius 1 is 1.03 bits per heavy atom.